The number of hydrogen-bond acceptors (Lipinski definition) is 7. The number of rotatable bonds is 12. The molecule has 0 spiro atoms. The molecule has 13 nitrogen and oxygen atoms in total. The van der Waals surface area contributed by atoms with Gasteiger partial charge in [0.2, 0.25) is 17.7 Å². The number of nitrogens with one attached hydrogen (secondary N) is 5. The second-order valence-corrected chi connectivity index (χ2v) is 7.55. The lowest BCUT2D eigenvalue weighted by Crippen LogP contribution is -2.57. The fraction of sp³-hybridized carbons (Fsp3) is 0.579. The van der Waals surface area contributed by atoms with E-state index in [1.165, 1.54) is 19.4 Å². The highest BCUT2D eigenvalue weighted by Gasteiger charge is 2.31. The SMILES string of the molecule is CC(NC(=O)C(CCC(=O)O)NC(=O)C(Cc1cnc[nH]1)NC(=O)C1CCCN1)C(=O)O. The molecule has 1 aromatic rings. The fourth-order valence-electron chi connectivity index (χ4n) is 3.19. The summed E-state index contributed by atoms with van der Waals surface area (Å²) >= 11 is 0. The lowest BCUT2D eigenvalue weighted by atomic mass is 10.1. The number of H-pyrrole nitrogens is 1. The van der Waals surface area contributed by atoms with Crippen LogP contribution in [0.25, 0.3) is 0 Å². The summed E-state index contributed by atoms with van der Waals surface area (Å²) in [5, 5.41) is 28.3. The third-order valence-electron chi connectivity index (χ3n) is 5.00. The van der Waals surface area contributed by atoms with Crippen molar-refractivity contribution in [3.63, 3.8) is 0 Å². The molecule has 2 rings (SSSR count). The summed E-state index contributed by atoms with van der Waals surface area (Å²) in [6, 6.07) is -4.04. The molecule has 0 aromatic carbocycles. The molecule has 0 bridgehead atoms. The van der Waals surface area contributed by atoms with E-state index in [4.69, 9.17) is 10.2 Å². The Hall–Kier alpha value is -3.48. The number of nitrogens with zero attached hydrogens (tertiary/aromatic N) is 1. The number of aliphatic carboxylic acids is 2. The summed E-state index contributed by atoms with van der Waals surface area (Å²) in [5.74, 6) is -4.38. The molecule has 4 atom stereocenters. The number of amides is 3. The van der Waals surface area contributed by atoms with Crippen LogP contribution in [-0.2, 0) is 30.4 Å². The summed E-state index contributed by atoms with van der Waals surface area (Å²) in [4.78, 5) is 66.7. The Morgan fingerprint density at radius 1 is 1.12 bits per heavy atom. The third kappa shape index (κ3) is 7.65. The molecule has 1 aliphatic heterocycles. The van der Waals surface area contributed by atoms with Crippen LogP contribution in [0.1, 0.15) is 38.3 Å². The van der Waals surface area contributed by atoms with E-state index in [9.17, 15) is 24.0 Å². The van der Waals surface area contributed by atoms with Gasteiger partial charge < -0.3 is 36.5 Å². The molecule has 1 aliphatic rings. The van der Waals surface area contributed by atoms with Crippen LogP contribution in [0.15, 0.2) is 12.5 Å². The summed E-state index contributed by atoms with van der Waals surface area (Å²) < 4.78 is 0. The maximum Gasteiger partial charge on any atom is 0.325 e. The minimum Gasteiger partial charge on any atom is -0.481 e. The fourth-order valence-corrected chi connectivity index (χ4v) is 3.19. The minimum absolute atomic E-state index is 0.0586. The molecule has 3 amide bonds. The molecule has 1 fully saturated rings. The second kappa shape index (κ2) is 11.8. The van der Waals surface area contributed by atoms with Crippen molar-refractivity contribution in [2.75, 3.05) is 6.54 Å². The van der Waals surface area contributed by atoms with Crippen molar-refractivity contribution < 1.29 is 34.2 Å². The van der Waals surface area contributed by atoms with Gasteiger partial charge in [0, 0.05) is 24.7 Å². The molecule has 0 saturated carbocycles. The van der Waals surface area contributed by atoms with Gasteiger partial charge in [-0.05, 0) is 32.7 Å². The monoisotopic (exact) mass is 452 g/mol. The Bertz CT molecular complexity index is 822. The van der Waals surface area contributed by atoms with Gasteiger partial charge in [0.05, 0.1) is 12.4 Å². The van der Waals surface area contributed by atoms with Gasteiger partial charge in [-0.2, -0.15) is 0 Å². The standard InChI is InChI=1S/C19H28N6O7/c1-10(19(31)32)23-17(29)13(4-5-15(26)27)24-18(30)14(7-11-8-20-9-22-11)25-16(28)12-3-2-6-21-12/h8-10,12-14,21H,2-7H2,1H3,(H,20,22)(H,23,29)(H,24,30)(H,25,28)(H,26,27)(H,31,32). The van der Waals surface area contributed by atoms with Crippen molar-refractivity contribution in [1.82, 2.24) is 31.2 Å². The first-order valence-electron chi connectivity index (χ1n) is 10.2. The summed E-state index contributed by atoms with van der Waals surface area (Å²) in [5.41, 5.74) is 0.566. The Morgan fingerprint density at radius 3 is 2.41 bits per heavy atom. The van der Waals surface area contributed by atoms with E-state index in [1.807, 2.05) is 0 Å². The van der Waals surface area contributed by atoms with E-state index in [0.717, 1.165) is 6.42 Å². The summed E-state index contributed by atoms with van der Waals surface area (Å²) in [6.07, 6.45) is 3.74. The van der Waals surface area contributed by atoms with E-state index in [-0.39, 0.29) is 18.7 Å². The van der Waals surface area contributed by atoms with Crippen LogP contribution < -0.4 is 21.3 Å². The van der Waals surface area contributed by atoms with Crippen LogP contribution >= 0.6 is 0 Å². The van der Waals surface area contributed by atoms with Crippen molar-refractivity contribution in [3.05, 3.63) is 18.2 Å². The van der Waals surface area contributed by atoms with E-state index in [2.05, 4.69) is 31.2 Å². The van der Waals surface area contributed by atoms with Crippen molar-refractivity contribution in [2.45, 2.75) is 63.2 Å². The molecular formula is C19H28N6O7. The van der Waals surface area contributed by atoms with Gasteiger partial charge in [0.25, 0.3) is 0 Å². The Morgan fingerprint density at radius 2 is 1.84 bits per heavy atom. The van der Waals surface area contributed by atoms with Crippen LogP contribution in [0, 0.1) is 0 Å². The largest absolute Gasteiger partial charge is 0.481 e. The zero-order chi connectivity index (χ0) is 23.7. The van der Waals surface area contributed by atoms with E-state index >= 15 is 0 Å². The third-order valence-corrected chi connectivity index (χ3v) is 5.00. The number of carboxylic acid groups (broad SMARTS) is 2. The van der Waals surface area contributed by atoms with Crippen molar-refractivity contribution in [3.8, 4) is 0 Å². The molecule has 2 heterocycles. The molecule has 1 saturated heterocycles. The molecule has 176 valence electrons. The second-order valence-electron chi connectivity index (χ2n) is 7.55. The van der Waals surface area contributed by atoms with Crippen LogP contribution in [0.3, 0.4) is 0 Å². The number of carboxylic acids is 2. The average Bonchev–Trinajstić information content (AvgIpc) is 3.44. The smallest absolute Gasteiger partial charge is 0.325 e. The number of carbonyl (C=O) groups is 5. The highest BCUT2D eigenvalue weighted by Crippen LogP contribution is 2.08. The minimum atomic E-state index is -1.30. The molecular weight excluding hydrogens is 424 g/mol. The quantitative estimate of drug-likeness (QED) is 0.189. The Kier molecular flexibility index (Phi) is 9.13. The maximum absolute atomic E-state index is 13.0. The maximum atomic E-state index is 13.0. The van der Waals surface area contributed by atoms with Gasteiger partial charge in [-0.1, -0.05) is 0 Å². The Labute approximate surface area is 183 Å². The molecule has 4 unspecified atom stereocenters. The van der Waals surface area contributed by atoms with Gasteiger partial charge in [0.15, 0.2) is 0 Å². The van der Waals surface area contributed by atoms with Crippen molar-refractivity contribution in [2.24, 2.45) is 0 Å². The van der Waals surface area contributed by atoms with Crippen LogP contribution in [0.2, 0.25) is 0 Å². The normalized spacial score (nSPS) is 18.2. The number of imidazole rings is 1. The lowest BCUT2D eigenvalue weighted by Gasteiger charge is -2.24. The topological polar surface area (TPSA) is 203 Å². The van der Waals surface area contributed by atoms with Crippen LogP contribution in [0.4, 0.5) is 0 Å². The number of aromatic amines is 1. The number of carbonyl (C=O) groups excluding carboxylic acids is 3. The summed E-state index contributed by atoms with van der Waals surface area (Å²) in [7, 11) is 0. The highest BCUT2D eigenvalue weighted by atomic mass is 16.4. The van der Waals surface area contributed by atoms with Crippen molar-refractivity contribution in [1.29, 1.82) is 0 Å². The van der Waals surface area contributed by atoms with E-state index < -0.39 is 54.3 Å². The van der Waals surface area contributed by atoms with Gasteiger partial charge in [0.1, 0.15) is 18.1 Å². The highest BCUT2D eigenvalue weighted by molar-refractivity contribution is 5.94. The molecule has 13 heteroatoms. The first kappa shape index (κ1) is 24.8. The molecule has 32 heavy (non-hydrogen) atoms. The van der Waals surface area contributed by atoms with E-state index in [1.54, 1.807) is 0 Å². The average molecular weight is 452 g/mol. The van der Waals surface area contributed by atoms with Crippen molar-refractivity contribution >= 4 is 29.7 Å². The molecule has 0 radical (unpaired) electrons. The number of aromatic nitrogens is 2. The van der Waals surface area contributed by atoms with Crippen LogP contribution in [0.5, 0.6) is 0 Å². The van der Waals surface area contributed by atoms with E-state index in [0.29, 0.717) is 18.7 Å². The zero-order valence-electron chi connectivity index (χ0n) is 17.6. The predicted octanol–water partition coefficient (Wildman–Crippen LogP) is -1.87. The van der Waals surface area contributed by atoms with Gasteiger partial charge in [-0.3, -0.25) is 24.0 Å². The first-order valence-corrected chi connectivity index (χ1v) is 10.2. The molecule has 1 aromatic heterocycles. The lowest BCUT2D eigenvalue weighted by molar-refractivity contribution is -0.142. The van der Waals surface area contributed by atoms with Gasteiger partial charge in [-0.25, -0.2) is 4.98 Å². The first-order chi connectivity index (χ1) is 15.2. The predicted molar refractivity (Wildman–Crippen MR) is 109 cm³/mol. The Balaban J connectivity index is 2.12. The molecule has 7 N–H and O–H groups in total. The van der Waals surface area contributed by atoms with Gasteiger partial charge >= 0.3 is 11.9 Å². The van der Waals surface area contributed by atoms with Crippen LogP contribution in [-0.4, -0.2) is 80.6 Å². The number of hydrogen-bond donors (Lipinski definition) is 7. The van der Waals surface area contributed by atoms with Gasteiger partial charge in [-0.15, -0.1) is 0 Å². The summed E-state index contributed by atoms with van der Waals surface area (Å²) in [6.45, 7) is 1.93. The zero-order valence-corrected chi connectivity index (χ0v) is 17.6. The molecule has 0 aliphatic carbocycles.